The predicted octanol–water partition coefficient (Wildman–Crippen LogP) is 2.33. The molecular weight excluding hydrogens is 286 g/mol. The van der Waals surface area contributed by atoms with Gasteiger partial charge in [0.1, 0.15) is 6.04 Å². The summed E-state index contributed by atoms with van der Waals surface area (Å²) in [6.07, 6.45) is 6.19. The van der Waals surface area contributed by atoms with Crippen LogP contribution in [-0.4, -0.2) is 24.0 Å². The van der Waals surface area contributed by atoms with Crippen LogP contribution in [0.25, 0.3) is 0 Å². The lowest BCUT2D eigenvalue weighted by Crippen LogP contribution is -2.59. The van der Waals surface area contributed by atoms with Gasteiger partial charge in [0, 0.05) is 12.5 Å². The van der Waals surface area contributed by atoms with Gasteiger partial charge in [0.25, 0.3) is 0 Å². The first-order valence-electron chi connectivity index (χ1n) is 8.73. The largest absolute Gasteiger partial charge is 0.339 e. The highest BCUT2D eigenvalue weighted by Crippen LogP contribution is 2.33. The maximum atomic E-state index is 12.5. The van der Waals surface area contributed by atoms with E-state index in [1.165, 1.54) is 18.4 Å². The molecule has 2 N–H and O–H groups in total. The van der Waals surface area contributed by atoms with E-state index in [-0.39, 0.29) is 11.9 Å². The van der Waals surface area contributed by atoms with Gasteiger partial charge in [-0.05, 0) is 49.1 Å². The number of fused-ring (bicyclic) bond motifs is 3. The SMILES string of the molecule is CCc1ccc(C[C@@H](C#N)NC(=O)[C@H]2NC3CCC2CC3)cc1. The molecular formula is C19H25N3O. The van der Waals surface area contributed by atoms with Gasteiger partial charge in [0.2, 0.25) is 5.91 Å². The molecule has 3 aliphatic rings. The Labute approximate surface area is 138 Å². The Kier molecular flexibility index (Phi) is 4.97. The summed E-state index contributed by atoms with van der Waals surface area (Å²) in [5.74, 6) is 0.430. The van der Waals surface area contributed by atoms with E-state index in [4.69, 9.17) is 0 Å². The Bertz CT molecular complexity index is 582. The second-order valence-electron chi connectivity index (χ2n) is 6.82. The topological polar surface area (TPSA) is 64.9 Å². The van der Waals surface area contributed by atoms with Gasteiger partial charge in [-0.2, -0.15) is 5.26 Å². The van der Waals surface area contributed by atoms with Crippen LogP contribution in [0.1, 0.15) is 43.7 Å². The summed E-state index contributed by atoms with van der Waals surface area (Å²) in [7, 11) is 0. The van der Waals surface area contributed by atoms with Crippen LogP contribution >= 0.6 is 0 Å². The number of carbonyl (C=O) groups excluding carboxylic acids is 1. The molecule has 4 heteroatoms. The molecule has 122 valence electrons. The van der Waals surface area contributed by atoms with Crippen LogP contribution in [0.15, 0.2) is 24.3 Å². The third-order valence-electron chi connectivity index (χ3n) is 5.28. The summed E-state index contributed by atoms with van der Waals surface area (Å²) in [4.78, 5) is 12.5. The lowest BCUT2D eigenvalue weighted by atomic mass is 9.76. The molecule has 1 aromatic carbocycles. The van der Waals surface area contributed by atoms with Gasteiger partial charge in [-0.1, -0.05) is 31.2 Å². The van der Waals surface area contributed by atoms with Crippen molar-refractivity contribution in [3.8, 4) is 6.07 Å². The monoisotopic (exact) mass is 311 g/mol. The van der Waals surface area contributed by atoms with Crippen LogP contribution in [0.5, 0.6) is 0 Å². The first-order chi connectivity index (χ1) is 11.2. The van der Waals surface area contributed by atoms with Crippen molar-refractivity contribution in [3.05, 3.63) is 35.4 Å². The Morgan fingerprint density at radius 2 is 1.91 bits per heavy atom. The van der Waals surface area contributed by atoms with Crippen LogP contribution in [0.2, 0.25) is 0 Å². The van der Waals surface area contributed by atoms with Crippen molar-refractivity contribution in [2.45, 2.75) is 63.6 Å². The maximum Gasteiger partial charge on any atom is 0.238 e. The van der Waals surface area contributed by atoms with E-state index in [1.807, 2.05) is 0 Å². The van der Waals surface area contributed by atoms with E-state index < -0.39 is 6.04 Å². The number of nitrogens with one attached hydrogen (secondary N) is 2. The highest BCUT2D eigenvalue weighted by atomic mass is 16.2. The molecule has 2 aliphatic heterocycles. The van der Waals surface area contributed by atoms with E-state index in [9.17, 15) is 10.1 Å². The minimum atomic E-state index is -0.461. The number of hydrogen-bond acceptors (Lipinski definition) is 3. The average Bonchev–Trinajstić information content (AvgIpc) is 2.62. The number of piperidine rings is 2. The van der Waals surface area contributed by atoms with E-state index in [0.717, 1.165) is 24.8 Å². The molecule has 23 heavy (non-hydrogen) atoms. The quantitative estimate of drug-likeness (QED) is 0.877. The van der Waals surface area contributed by atoms with Crippen molar-refractivity contribution >= 4 is 5.91 Å². The van der Waals surface area contributed by atoms with Crippen molar-refractivity contribution in [3.63, 3.8) is 0 Å². The smallest absolute Gasteiger partial charge is 0.238 e. The third kappa shape index (κ3) is 3.73. The van der Waals surface area contributed by atoms with Crippen molar-refractivity contribution in [2.75, 3.05) is 0 Å². The molecule has 3 fully saturated rings. The lowest BCUT2D eigenvalue weighted by Gasteiger charge is -2.42. The Balaban J connectivity index is 1.58. The summed E-state index contributed by atoms with van der Waals surface area (Å²) >= 11 is 0. The van der Waals surface area contributed by atoms with Gasteiger partial charge in [0.15, 0.2) is 0 Å². The van der Waals surface area contributed by atoms with Crippen molar-refractivity contribution in [2.24, 2.45) is 5.92 Å². The minimum Gasteiger partial charge on any atom is -0.339 e. The van der Waals surface area contributed by atoms with Crippen molar-refractivity contribution in [1.82, 2.24) is 10.6 Å². The minimum absolute atomic E-state index is 0.00358. The zero-order chi connectivity index (χ0) is 16.2. The molecule has 4 nitrogen and oxygen atoms in total. The molecule has 1 saturated carbocycles. The van der Waals surface area contributed by atoms with E-state index in [2.05, 4.69) is 47.9 Å². The second kappa shape index (κ2) is 7.14. The van der Waals surface area contributed by atoms with E-state index >= 15 is 0 Å². The number of aryl methyl sites for hydroxylation is 1. The average molecular weight is 311 g/mol. The number of nitriles is 1. The fraction of sp³-hybridized carbons (Fsp3) is 0.579. The summed E-state index contributed by atoms with van der Waals surface area (Å²) in [6, 6.07) is 10.4. The van der Waals surface area contributed by atoms with Gasteiger partial charge < -0.3 is 10.6 Å². The number of rotatable bonds is 5. The van der Waals surface area contributed by atoms with Crippen molar-refractivity contribution < 1.29 is 4.79 Å². The molecule has 0 unspecified atom stereocenters. The first kappa shape index (κ1) is 16.0. The van der Waals surface area contributed by atoms with Gasteiger partial charge in [-0.25, -0.2) is 0 Å². The zero-order valence-corrected chi connectivity index (χ0v) is 13.7. The van der Waals surface area contributed by atoms with E-state index in [1.54, 1.807) is 0 Å². The summed E-state index contributed by atoms with van der Waals surface area (Å²) < 4.78 is 0. The molecule has 0 aromatic heterocycles. The van der Waals surface area contributed by atoms with Gasteiger partial charge in [-0.3, -0.25) is 4.79 Å². The molecule has 2 bridgehead atoms. The maximum absolute atomic E-state index is 12.5. The normalized spacial score (nSPS) is 27.2. The Hall–Kier alpha value is -1.86. The number of benzene rings is 1. The molecule has 0 radical (unpaired) electrons. The molecule has 2 heterocycles. The molecule has 1 aromatic rings. The first-order valence-corrected chi connectivity index (χ1v) is 8.73. The van der Waals surface area contributed by atoms with Crippen LogP contribution < -0.4 is 10.6 Å². The molecule has 2 saturated heterocycles. The number of nitrogens with zero attached hydrogens (tertiary/aromatic N) is 1. The number of amides is 1. The highest BCUT2D eigenvalue weighted by molar-refractivity contribution is 5.83. The van der Waals surface area contributed by atoms with Gasteiger partial charge in [-0.15, -0.1) is 0 Å². The molecule has 1 aliphatic carbocycles. The van der Waals surface area contributed by atoms with Crippen LogP contribution in [0.3, 0.4) is 0 Å². The fourth-order valence-electron chi connectivity index (χ4n) is 3.84. The Morgan fingerprint density at radius 1 is 1.26 bits per heavy atom. The van der Waals surface area contributed by atoms with E-state index in [0.29, 0.717) is 18.4 Å². The predicted molar refractivity (Wildman–Crippen MR) is 89.7 cm³/mol. The van der Waals surface area contributed by atoms with Crippen molar-refractivity contribution in [1.29, 1.82) is 5.26 Å². The lowest BCUT2D eigenvalue weighted by molar-refractivity contribution is -0.127. The molecule has 0 spiro atoms. The summed E-state index contributed by atoms with van der Waals surface area (Å²) in [5.41, 5.74) is 2.38. The number of hydrogen-bond donors (Lipinski definition) is 2. The number of carbonyl (C=O) groups is 1. The molecule has 1 amide bonds. The van der Waals surface area contributed by atoms with Crippen LogP contribution in [0, 0.1) is 17.2 Å². The zero-order valence-electron chi connectivity index (χ0n) is 13.7. The van der Waals surface area contributed by atoms with Crippen LogP contribution in [0.4, 0.5) is 0 Å². The highest BCUT2D eigenvalue weighted by Gasteiger charge is 2.39. The van der Waals surface area contributed by atoms with Gasteiger partial charge in [0.05, 0.1) is 12.1 Å². The van der Waals surface area contributed by atoms with Gasteiger partial charge >= 0.3 is 0 Å². The molecule has 2 atom stereocenters. The second-order valence-corrected chi connectivity index (χ2v) is 6.82. The third-order valence-corrected chi connectivity index (χ3v) is 5.28. The standard InChI is InChI=1S/C19H25N3O/c1-2-13-3-5-14(6-4-13)11-17(12-20)22-19(23)18-15-7-9-16(21-18)10-8-15/h3-6,15-18,21H,2,7-11H2,1H3,(H,22,23)/t15?,16?,17-,18-/m0/s1. The fourth-order valence-corrected chi connectivity index (χ4v) is 3.84. The summed E-state index contributed by atoms with van der Waals surface area (Å²) in [5, 5.41) is 15.8. The molecule has 4 rings (SSSR count). The Morgan fingerprint density at radius 3 is 2.43 bits per heavy atom. The van der Waals surface area contributed by atoms with Crippen LogP contribution in [-0.2, 0) is 17.6 Å². The summed E-state index contributed by atoms with van der Waals surface area (Å²) in [6.45, 7) is 2.12.